The second kappa shape index (κ2) is 6.53. The van der Waals surface area contributed by atoms with E-state index in [9.17, 15) is 0 Å². The highest BCUT2D eigenvalue weighted by atomic mass is 79.9. The number of nitrogens with two attached hydrogens (primary N) is 1. The van der Waals surface area contributed by atoms with Crippen LogP contribution < -0.4 is 5.73 Å². The standard InChI is InChI=1S/C17H21BrN2/c1-17(19,15-6-4-3-5-7-15)13-20(2)12-14-8-10-16(18)11-9-14/h3-11H,12-13,19H2,1-2H3. The molecule has 0 amide bonds. The van der Waals surface area contributed by atoms with Crippen LogP contribution in [0.15, 0.2) is 59.1 Å². The summed E-state index contributed by atoms with van der Waals surface area (Å²) in [6.07, 6.45) is 0. The van der Waals surface area contributed by atoms with Gasteiger partial charge in [-0.25, -0.2) is 0 Å². The summed E-state index contributed by atoms with van der Waals surface area (Å²) in [4.78, 5) is 2.26. The molecule has 2 rings (SSSR count). The first-order valence-electron chi connectivity index (χ1n) is 6.75. The zero-order valence-corrected chi connectivity index (χ0v) is 13.6. The number of nitrogens with zero attached hydrogens (tertiary/aromatic N) is 1. The molecule has 0 bridgehead atoms. The van der Waals surface area contributed by atoms with E-state index in [4.69, 9.17) is 5.73 Å². The molecule has 2 aromatic rings. The van der Waals surface area contributed by atoms with E-state index in [2.05, 4.69) is 71.2 Å². The van der Waals surface area contributed by atoms with Crippen molar-refractivity contribution in [2.24, 2.45) is 5.73 Å². The lowest BCUT2D eigenvalue weighted by atomic mass is 9.92. The Morgan fingerprint density at radius 3 is 2.25 bits per heavy atom. The topological polar surface area (TPSA) is 29.3 Å². The van der Waals surface area contributed by atoms with E-state index < -0.39 is 0 Å². The van der Waals surface area contributed by atoms with Crippen LogP contribution in [-0.4, -0.2) is 18.5 Å². The van der Waals surface area contributed by atoms with Crippen LogP contribution in [0.2, 0.25) is 0 Å². The van der Waals surface area contributed by atoms with E-state index in [1.165, 1.54) is 11.1 Å². The van der Waals surface area contributed by atoms with E-state index in [0.717, 1.165) is 17.6 Å². The molecule has 0 heterocycles. The van der Waals surface area contributed by atoms with E-state index in [1.807, 2.05) is 18.2 Å². The normalized spacial score (nSPS) is 14.2. The molecule has 0 saturated carbocycles. The van der Waals surface area contributed by atoms with Gasteiger partial charge < -0.3 is 5.73 Å². The molecule has 2 N–H and O–H groups in total. The van der Waals surface area contributed by atoms with E-state index in [-0.39, 0.29) is 5.54 Å². The van der Waals surface area contributed by atoms with Gasteiger partial charge >= 0.3 is 0 Å². The highest BCUT2D eigenvalue weighted by Crippen LogP contribution is 2.19. The first-order chi connectivity index (χ1) is 9.47. The van der Waals surface area contributed by atoms with Crippen LogP contribution in [0, 0.1) is 0 Å². The van der Waals surface area contributed by atoms with Crippen molar-refractivity contribution in [3.63, 3.8) is 0 Å². The smallest absolute Gasteiger partial charge is 0.0509 e. The van der Waals surface area contributed by atoms with Crippen molar-refractivity contribution in [3.05, 3.63) is 70.2 Å². The molecule has 0 radical (unpaired) electrons. The van der Waals surface area contributed by atoms with Gasteiger partial charge in [-0.05, 0) is 37.2 Å². The van der Waals surface area contributed by atoms with Gasteiger partial charge in [-0.1, -0.05) is 58.4 Å². The van der Waals surface area contributed by atoms with Crippen molar-refractivity contribution in [1.82, 2.24) is 4.90 Å². The third-order valence-electron chi connectivity index (χ3n) is 3.40. The Hall–Kier alpha value is -1.16. The monoisotopic (exact) mass is 332 g/mol. The van der Waals surface area contributed by atoms with Crippen molar-refractivity contribution in [2.75, 3.05) is 13.6 Å². The molecule has 0 fully saturated rings. The van der Waals surface area contributed by atoms with Crippen molar-refractivity contribution in [2.45, 2.75) is 19.0 Å². The minimum Gasteiger partial charge on any atom is -0.321 e. The summed E-state index contributed by atoms with van der Waals surface area (Å²) in [6, 6.07) is 18.7. The molecule has 0 spiro atoms. The molecule has 2 aromatic carbocycles. The molecule has 106 valence electrons. The highest BCUT2D eigenvalue weighted by molar-refractivity contribution is 9.10. The largest absolute Gasteiger partial charge is 0.321 e. The van der Waals surface area contributed by atoms with Gasteiger partial charge in [-0.3, -0.25) is 4.90 Å². The summed E-state index contributed by atoms with van der Waals surface area (Å²) in [5.74, 6) is 0. The summed E-state index contributed by atoms with van der Waals surface area (Å²) in [7, 11) is 2.11. The second-order valence-corrected chi connectivity index (χ2v) is 6.50. The van der Waals surface area contributed by atoms with Gasteiger partial charge in [0.25, 0.3) is 0 Å². The zero-order chi connectivity index (χ0) is 14.6. The fourth-order valence-electron chi connectivity index (χ4n) is 2.43. The SMILES string of the molecule is CN(Cc1ccc(Br)cc1)CC(C)(N)c1ccccc1. The van der Waals surface area contributed by atoms with E-state index in [0.29, 0.717) is 0 Å². The number of likely N-dealkylation sites (N-methyl/N-ethyl adjacent to an activating group) is 1. The number of hydrogen-bond acceptors (Lipinski definition) is 2. The molecule has 0 aromatic heterocycles. The van der Waals surface area contributed by atoms with Gasteiger partial charge in [0.05, 0.1) is 5.54 Å². The lowest BCUT2D eigenvalue weighted by Gasteiger charge is -2.30. The Morgan fingerprint density at radius 1 is 1.05 bits per heavy atom. The number of halogens is 1. The molecule has 2 nitrogen and oxygen atoms in total. The lowest BCUT2D eigenvalue weighted by Crippen LogP contribution is -2.43. The maximum Gasteiger partial charge on any atom is 0.0509 e. The first-order valence-corrected chi connectivity index (χ1v) is 7.54. The Morgan fingerprint density at radius 2 is 1.65 bits per heavy atom. The fourth-order valence-corrected chi connectivity index (χ4v) is 2.69. The third-order valence-corrected chi connectivity index (χ3v) is 3.93. The molecule has 0 aliphatic heterocycles. The zero-order valence-electron chi connectivity index (χ0n) is 12.0. The Bertz CT molecular complexity index is 535. The maximum atomic E-state index is 6.47. The van der Waals surface area contributed by atoms with Gasteiger partial charge in [0.2, 0.25) is 0 Å². The minimum atomic E-state index is -0.342. The Balaban J connectivity index is 2.00. The van der Waals surface area contributed by atoms with Crippen molar-refractivity contribution < 1.29 is 0 Å². The van der Waals surface area contributed by atoms with Crippen LogP contribution in [0.1, 0.15) is 18.1 Å². The average molecular weight is 333 g/mol. The van der Waals surface area contributed by atoms with E-state index in [1.54, 1.807) is 0 Å². The quantitative estimate of drug-likeness (QED) is 0.903. The molecular weight excluding hydrogens is 312 g/mol. The fraction of sp³-hybridized carbons (Fsp3) is 0.294. The van der Waals surface area contributed by atoms with Crippen molar-refractivity contribution >= 4 is 15.9 Å². The summed E-state index contributed by atoms with van der Waals surface area (Å²) < 4.78 is 1.11. The molecule has 0 saturated heterocycles. The van der Waals surface area contributed by atoms with Gasteiger partial charge in [-0.2, -0.15) is 0 Å². The van der Waals surface area contributed by atoms with Gasteiger partial charge in [-0.15, -0.1) is 0 Å². The molecule has 3 heteroatoms. The molecular formula is C17H21BrN2. The van der Waals surface area contributed by atoms with Crippen LogP contribution in [0.3, 0.4) is 0 Å². The van der Waals surface area contributed by atoms with Gasteiger partial charge in [0.15, 0.2) is 0 Å². The van der Waals surface area contributed by atoms with Crippen LogP contribution in [0.25, 0.3) is 0 Å². The second-order valence-electron chi connectivity index (χ2n) is 5.58. The minimum absolute atomic E-state index is 0.342. The predicted molar refractivity (Wildman–Crippen MR) is 88.5 cm³/mol. The van der Waals surface area contributed by atoms with E-state index >= 15 is 0 Å². The van der Waals surface area contributed by atoms with Crippen LogP contribution in [0.5, 0.6) is 0 Å². The summed E-state index contributed by atoms with van der Waals surface area (Å²) in [6.45, 7) is 3.79. The third kappa shape index (κ3) is 4.17. The molecule has 0 aliphatic carbocycles. The number of benzene rings is 2. The van der Waals surface area contributed by atoms with Gasteiger partial charge in [0.1, 0.15) is 0 Å². The number of rotatable bonds is 5. The Kier molecular flexibility index (Phi) is 4.97. The molecule has 1 atom stereocenters. The first kappa shape index (κ1) is 15.2. The van der Waals surface area contributed by atoms with Crippen molar-refractivity contribution in [1.29, 1.82) is 0 Å². The van der Waals surface area contributed by atoms with Crippen molar-refractivity contribution in [3.8, 4) is 0 Å². The predicted octanol–water partition coefficient (Wildman–Crippen LogP) is 3.76. The molecule has 0 aliphatic rings. The van der Waals surface area contributed by atoms with Gasteiger partial charge in [0, 0.05) is 17.6 Å². The lowest BCUT2D eigenvalue weighted by molar-refractivity contribution is 0.253. The molecule has 1 unspecified atom stereocenters. The molecule has 20 heavy (non-hydrogen) atoms. The van der Waals surface area contributed by atoms with Crippen LogP contribution in [0.4, 0.5) is 0 Å². The summed E-state index contributed by atoms with van der Waals surface area (Å²) >= 11 is 3.46. The average Bonchev–Trinajstić information content (AvgIpc) is 2.42. The Labute approximate surface area is 129 Å². The summed E-state index contributed by atoms with van der Waals surface area (Å²) in [5, 5.41) is 0. The summed E-state index contributed by atoms with van der Waals surface area (Å²) in [5.41, 5.74) is 8.59. The number of hydrogen-bond donors (Lipinski definition) is 1. The maximum absolute atomic E-state index is 6.47. The van der Waals surface area contributed by atoms with Crippen LogP contribution >= 0.6 is 15.9 Å². The van der Waals surface area contributed by atoms with Crippen LogP contribution in [-0.2, 0) is 12.1 Å². The highest BCUT2D eigenvalue weighted by Gasteiger charge is 2.22.